The number of nitrogens with one attached hydrogen (secondary N) is 1. The lowest BCUT2D eigenvalue weighted by Crippen LogP contribution is -2.46. The van der Waals surface area contributed by atoms with Gasteiger partial charge in [0.25, 0.3) is 0 Å². The topological polar surface area (TPSA) is 91.6 Å². The number of piperidine rings is 1. The van der Waals surface area contributed by atoms with Gasteiger partial charge in [-0.2, -0.15) is 4.98 Å². The lowest BCUT2D eigenvalue weighted by Gasteiger charge is -2.37. The first kappa shape index (κ1) is 18.3. The zero-order valence-electron chi connectivity index (χ0n) is 14.2. The van der Waals surface area contributed by atoms with Gasteiger partial charge in [-0.3, -0.25) is 4.90 Å². The van der Waals surface area contributed by atoms with Crippen molar-refractivity contribution in [2.75, 3.05) is 39.5 Å². The molecule has 0 saturated carbocycles. The van der Waals surface area contributed by atoms with Gasteiger partial charge >= 0.3 is 0 Å². The van der Waals surface area contributed by atoms with Gasteiger partial charge in [-0.05, 0) is 39.4 Å². The number of sulfonamides is 1. The Labute approximate surface area is 138 Å². The molecule has 1 unspecified atom stereocenters. The Morgan fingerprint density at radius 3 is 2.91 bits per heavy atom. The van der Waals surface area contributed by atoms with E-state index in [0.29, 0.717) is 18.5 Å². The van der Waals surface area contributed by atoms with E-state index in [1.165, 1.54) is 6.26 Å². The highest BCUT2D eigenvalue weighted by molar-refractivity contribution is 7.88. The van der Waals surface area contributed by atoms with Gasteiger partial charge in [0.05, 0.1) is 12.8 Å². The van der Waals surface area contributed by atoms with Gasteiger partial charge in [0, 0.05) is 26.1 Å². The minimum Gasteiger partial charge on any atom is -0.340 e. The van der Waals surface area contributed by atoms with Crippen LogP contribution in [-0.2, 0) is 16.6 Å². The van der Waals surface area contributed by atoms with Gasteiger partial charge in [0.15, 0.2) is 5.82 Å². The van der Waals surface area contributed by atoms with Crippen LogP contribution in [0.15, 0.2) is 4.52 Å². The normalized spacial score (nSPS) is 20.3. The van der Waals surface area contributed by atoms with Crippen LogP contribution >= 0.6 is 0 Å². The van der Waals surface area contributed by atoms with E-state index >= 15 is 0 Å². The third-order valence-corrected chi connectivity index (χ3v) is 4.82. The van der Waals surface area contributed by atoms with Crippen LogP contribution in [0.25, 0.3) is 0 Å². The number of aryl methyl sites for hydroxylation is 1. The number of hydrogen-bond acceptors (Lipinski definition) is 7. The van der Waals surface area contributed by atoms with Crippen LogP contribution in [0, 0.1) is 6.92 Å². The van der Waals surface area contributed by atoms with Crippen LogP contribution in [0.2, 0.25) is 0 Å². The van der Waals surface area contributed by atoms with Crippen molar-refractivity contribution in [3.8, 4) is 0 Å². The van der Waals surface area contributed by atoms with E-state index in [2.05, 4.69) is 31.7 Å². The smallest absolute Gasteiger partial charge is 0.223 e. The van der Waals surface area contributed by atoms with Gasteiger partial charge in [0.1, 0.15) is 0 Å². The van der Waals surface area contributed by atoms with E-state index < -0.39 is 10.0 Å². The summed E-state index contributed by atoms with van der Waals surface area (Å²) in [7, 11) is -0.984. The molecule has 23 heavy (non-hydrogen) atoms. The summed E-state index contributed by atoms with van der Waals surface area (Å²) in [5.41, 5.74) is 0. The summed E-state index contributed by atoms with van der Waals surface area (Å²) >= 11 is 0. The summed E-state index contributed by atoms with van der Waals surface area (Å²) in [5, 5.41) is 3.96. The maximum Gasteiger partial charge on any atom is 0.223 e. The minimum absolute atomic E-state index is 0.481. The fourth-order valence-electron chi connectivity index (χ4n) is 2.91. The average molecular weight is 345 g/mol. The van der Waals surface area contributed by atoms with Crippen LogP contribution in [-0.4, -0.2) is 73.9 Å². The molecule has 0 amide bonds. The molecule has 1 aromatic rings. The predicted molar refractivity (Wildman–Crippen MR) is 87.4 cm³/mol. The Balaban J connectivity index is 1.74. The van der Waals surface area contributed by atoms with E-state index in [1.54, 1.807) is 6.92 Å². The first-order valence-corrected chi connectivity index (χ1v) is 9.89. The highest BCUT2D eigenvalue weighted by Gasteiger charge is 2.24. The van der Waals surface area contributed by atoms with Crippen molar-refractivity contribution >= 4 is 10.0 Å². The number of hydrogen-bond donors (Lipinski definition) is 1. The molecule has 132 valence electrons. The fourth-order valence-corrected chi connectivity index (χ4v) is 3.42. The third-order valence-electron chi connectivity index (χ3n) is 4.09. The summed E-state index contributed by atoms with van der Waals surface area (Å²) in [6.45, 7) is 5.91. The van der Waals surface area contributed by atoms with E-state index in [9.17, 15) is 8.42 Å². The molecule has 1 fully saturated rings. The quantitative estimate of drug-likeness (QED) is 0.674. The van der Waals surface area contributed by atoms with E-state index in [0.717, 1.165) is 51.3 Å². The lowest BCUT2D eigenvalue weighted by atomic mass is 10.0. The SMILES string of the molecule is Cc1nc(CN2CCCC(N(C)CCCNS(C)(=O)=O)C2)no1. The van der Waals surface area contributed by atoms with Gasteiger partial charge < -0.3 is 9.42 Å². The number of likely N-dealkylation sites (N-methyl/N-ethyl adjacent to an activating group) is 1. The Kier molecular flexibility index (Phi) is 6.51. The standard InChI is InChI=1S/C14H27N5O3S/c1-12-16-14(17-22-12)11-19-9-4-6-13(10-19)18(2)8-5-7-15-23(3,20)21/h13,15H,4-11H2,1-3H3. The minimum atomic E-state index is -3.09. The molecular weight excluding hydrogens is 318 g/mol. The van der Waals surface area contributed by atoms with Crippen molar-refractivity contribution in [3.63, 3.8) is 0 Å². The zero-order chi connectivity index (χ0) is 16.9. The molecule has 1 aromatic heterocycles. The average Bonchev–Trinajstić information content (AvgIpc) is 2.88. The van der Waals surface area contributed by atoms with E-state index in [4.69, 9.17) is 4.52 Å². The molecule has 2 heterocycles. The first-order valence-electron chi connectivity index (χ1n) is 8.00. The molecule has 1 atom stereocenters. The highest BCUT2D eigenvalue weighted by atomic mass is 32.2. The third kappa shape index (κ3) is 6.54. The maximum absolute atomic E-state index is 11.0. The molecule has 0 aliphatic carbocycles. The summed E-state index contributed by atoms with van der Waals surface area (Å²) in [6.07, 6.45) is 4.31. The molecule has 0 radical (unpaired) electrons. The van der Waals surface area contributed by atoms with E-state index in [1.807, 2.05) is 0 Å². The Morgan fingerprint density at radius 2 is 2.26 bits per heavy atom. The molecule has 1 saturated heterocycles. The number of likely N-dealkylation sites (tertiary alicyclic amines) is 1. The highest BCUT2D eigenvalue weighted by Crippen LogP contribution is 2.16. The zero-order valence-corrected chi connectivity index (χ0v) is 15.0. The van der Waals surface area contributed by atoms with Gasteiger partial charge in [0.2, 0.25) is 15.9 Å². The van der Waals surface area contributed by atoms with Crippen molar-refractivity contribution in [2.24, 2.45) is 0 Å². The molecule has 8 nitrogen and oxygen atoms in total. The molecule has 1 N–H and O–H groups in total. The Bertz CT molecular complexity index is 589. The largest absolute Gasteiger partial charge is 0.340 e. The summed E-state index contributed by atoms with van der Waals surface area (Å²) in [5.74, 6) is 1.34. The molecule has 1 aliphatic rings. The Morgan fingerprint density at radius 1 is 1.48 bits per heavy atom. The molecule has 9 heteroatoms. The first-order chi connectivity index (χ1) is 10.8. The second kappa shape index (κ2) is 8.18. The number of rotatable bonds is 8. The van der Waals surface area contributed by atoms with Crippen LogP contribution in [0.5, 0.6) is 0 Å². The monoisotopic (exact) mass is 345 g/mol. The molecular formula is C14H27N5O3S. The molecule has 0 aromatic carbocycles. The molecule has 0 bridgehead atoms. The summed E-state index contributed by atoms with van der Waals surface area (Å²) in [6, 6.07) is 0.481. The van der Waals surface area contributed by atoms with Crippen LogP contribution in [0.1, 0.15) is 31.0 Å². The molecule has 2 rings (SSSR count). The van der Waals surface area contributed by atoms with Gasteiger partial charge in [-0.25, -0.2) is 13.1 Å². The summed E-state index contributed by atoms with van der Waals surface area (Å²) < 4.78 is 29.6. The van der Waals surface area contributed by atoms with Crippen LogP contribution < -0.4 is 4.72 Å². The van der Waals surface area contributed by atoms with Gasteiger partial charge in [-0.15, -0.1) is 0 Å². The van der Waals surface area contributed by atoms with Crippen molar-refractivity contribution in [2.45, 2.75) is 38.8 Å². The van der Waals surface area contributed by atoms with Crippen molar-refractivity contribution < 1.29 is 12.9 Å². The second-order valence-electron chi connectivity index (χ2n) is 6.26. The lowest BCUT2D eigenvalue weighted by molar-refractivity contribution is 0.108. The second-order valence-corrected chi connectivity index (χ2v) is 8.09. The molecule has 0 spiro atoms. The van der Waals surface area contributed by atoms with Gasteiger partial charge in [-0.1, -0.05) is 5.16 Å². The van der Waals surface area contributed by atoms with Crippen molar-refractivity contribution in [1.82, 2.24) is 24.7 Å². The Hall–Kier alpha value is -1.03. The van der Waals surface area contributed by atoms with Crippen molar-refractivity contribution in [1.29, 1.82) is 0 Å². The number of aromatic nitrogens is 2. The summed E-state index contributed by atoms with van der Waals surface area (Å²) in [4.78, 5) is 8.93. The van der Waals surface area contributed by atoms with Crippen molar-refractivity contribution in [3.05, 3.63) is 11.7 Å². The van der Waals surface area contributed by atoms with E-state index in [-0.39, 0.29) is 0 Å². The fraction of sp³-hybridized carbons (Fsp3) is 0.857. The predicted octanol–water partition coefficient (Wildman–Crippen LogP) is 0.214. The maximum atomic E-state index is 11.0. The molecule has 1 aliphatic heterocycles. The number of nitrogens with zero attached hydrogens (tertiary/aromatic N) is 4. The van der Waals surface area contributed by atoms with Crippen LogP contribution in [0.4, 0.5) is 0 Å². The van der Waals surface area contributed by atoms with Crippen LogP contribution in [0.3, 0.4) is 0 Å².